The number of carbonyl (C=O) groups is 1. The van der Waals surface area contributed by atoms with E-state index in [0.29, 0.717) is 16.9 Å². The summed E-state index contributed by atoms with van der Waals surface area (Å²) in [5.74, 6) is -0.766. The fourth-order valence-electron chi connectivity index (χ4n) is 3.60. The first-order valence-corrected chi connectivity index (χ1v) is 9.26. The number of fused-ring (bicyclic) bond motifs is 1. The summed E-state index contributed by atoms with van der Waals surface area (Å²) < 4.78 is 59.0. The van der Waals surface area contributed by atoms with E-state index in [4.69, 9.17) is 4.74 Å². The van der Waals surface area contributed by atoms with Crippen molar-refractivity contribution in [3.05, 3.63) is 77.2 Å². The molecule has 0 saturated heterocycles. The number of alkyl halides is 3. The first-order valence-electron chi connectivity index (χ1n) is 9.26. The predicted molar refractivity (Wildman–Crippen MR) is 107 cm³/mol. The fourth-order valence-corrected chi connectivity index (χ4v) is 3.60. The molecule has 0 atom stereocenters. The third-order valence-corrected chi connectivity index (χ3v) is 5.06. The van der Waals surface area contributed by atoms with Gasteiger partial charge < -0.3 is 9.64 Å². The predicted octanol–water partition coefficient (Wildman–Crippen LogP) is 5.31. The Kier molecular flexibility index (Phi) is 5.04. The Morgan fingerprint density at radius 2 is 1.77 bits per heavy atom. The maximum atomic E-state index is 13.7. The number of amides is 1. The number of methoxy groups -OCH3 is 1. The molecular weight excluding hydrogens is 414 g/mol. The standard InChI is InChI=1S/C22H17F4N3O2/c1-13-10-15(23)6-8-17(13)28-12-29(18-4-3-9-27-20(18)31-2)21(30)16-7-5-14(11-19(16)28)22(24,25)26/h3-11H,12H2,1-2H3. The average Bonchev–Trinajstić information content (AvgIpc) is 2.74. The van der Waals surface area contributed by atoms with Crippen molar-refractivity contribution < 1.29 is 27.1 Å². The second kappa shape index (κ2) is 7.57. The van der Waals surface area contributed by atoms with Crippen LogP contribution in [0.1, 0.15) is 21.5 Å². The molecule has 0 aliphatic carbocycles. The molecule has 0 N–H and O–H groups in total. The zero-order valence-corrected chi connectivity index (χ0v) is 16.6. The number of hydrogen-bond acceptors (Lipinski definition) is 4. The number of ether oxygens (including phenoxy) is 1. The maximum Gasteiger partial charge on any atom is 0.416 e. The van der Waals surface area contributed by atoms with Crippen molar-refractivity contribution >= 4 is 23.0 Å². The average molecular weight is 431 g/mol. The summed E-state index contributed by atoms with van der Waals surface area (Å²) in [6.07, 6.45) is -3.08. The van der Waals surface area contributed by atoms with E-state index in [1.807, 2.05) is 0 Å². The van der Waals surface area contributed by atoms with Crippen LogP contribution < -0.4 is 14.5 Å². The Morgan fingerprint density at radius 1 is 1.00 bits per heavy atom. The van der Waals surface area contributed by atoms with E-state index in [1.54, 1.807) is 24.0 Å². The number of pyridine rings is 1. The van der Waals surface area contributed by atoms with Crippen LogP contribution in [-0.2, 0) is 6.18 Å². The molecule has 0 bridgehead atoms. The van der Waals surface area contributed by atoms with Crippen LogP contribution in [0.4, 0.5) is 34.6 Å². The lowest BCUT2D eigenvalue weighted by molar-refractivity contribution is -0.137. The van der Waals surface area contributed by atoms with Crippen LogP contribution >= 0.6 is 0 Å². The van der Waals surface area contributed by atoms with E-state index in [1.165, 1.54) is 36.4 Å². The highest BCUT2D eigenvalue weighted by molar-refractivity contribution is 6.13. The van der Waals surface area contributed by atoms with Gasteiger partial charge in [-0.15, -0.1) is 0 Å². The summed E-state index contributed by atoms with van der Waals surface area (Å²) in [5, 5.41) is 0. The highest BCUT2D eigenvalue weighted by Crippen LogP contribution is 2.41. The zero-order valence-electron chi connectivity index (χ0n) is 16.6. The third-order valence-electron chi connectivity index (χ3n) is 5.06. The van der Waals surface area contributed by atoms with Gasteiger partial charge in [0.15, 0.2) is 0 Å². The van der Waals surface area contributed by atoms with Crippen LogP contribution in [0.15, 0.2) is 54.7 Å². The van der Waals surface area contributed by atoms with Crippen molar-refractivity contribution in [2.24, 2.45) is 0 Å². The van der Waals surface area contributed by atoms with E-state index in [2.05, 4.69) is 4.98 Å². The van der Waals surface area contributed by atoms with Crippen LogP contribution in [0.5, 0.6) is 5.88 Å². The van der Waals surface area contributed by atoms with Crippen molar-refractivity contribution in [3.63, 3.8) is 0 Å². The van der Waals surface area contributed by atoms with Gasteiger partial charge in [-0.25, -0.2) is 9.37 Å². The molecule has 0 fully saturated rings. The molecule has 160 valence electrons. The minimum atomic E-state index is -4.58. The van der Waals surface area contributed by atoms with Crippen LogP contribution in [0.25, 0.3) is 0 Å². The first kappa shape index (κ1) is 20.6. The quantitative estimate of drug-likeness (QED) is 0.527. The Morgan fingerprint density at radius 3 is 2.45 bits per heavy atom. The van der Waals surface area contributed by atoms with Crippen molar-refractivity contribution in [1.82, 2.24) is 4.98 Å². The monoisotopic (exact) mass is 431 g/mol. The van der Waals surface area contributed by atoms with Gasteiger partial charge in [-0.2, -0.15) is 13.2 Å². The fraction of sp³-hybridized carbons (Fsp3) is 0.182. The molecule has 4 rings (SSSR count). The normalized spacial score (nSPS) is 13.9. The Balaban J connectivity index is 1.92. The number of benzene rings is 2. The molecular formula is C22H17F4N3O2. The molecule has 31 heavy (non-hydrogen) atoms. The molecule has 1 aliphatic heterocycles. The van der Waals surface area contributed by atoms with E-state index >= 15 is 0 Å². The molecule has 0 unspecified atom stereocenters. The van der Waals surface area contributed by atoms with Crippen LogP contribution in [-0.4, -0.2) is 24.7 Å². The Labute approximate surface area is 175 Å². The van der Waals surface area contributed by atoms with Crippen LogP contribution in [0.3, 0.4) is 0 Å². The van der Waals surface area contributed by atoms with Crippen LogP contribution in [0.2, 0.25) is 0 Å². The molecule has 3 aromatic rings. The van der Waals surface area contributed by atoms with Gasteiger partial charge in [0, 0.05) is 11.9 Å². The van der Waals surface area contributed by atoms with Gasteiger partial charge in [0.05, 0.1) is 23.9 Å². The Hall–Kier alpha value is -3.62. The number of aryl methyl sites for hydroxylation is 1. The topological polar surface area (TPSA) is 45.7 Å². The second-order valence-electron chi connectivity index (χ2n) is 6.99. The van der Waals surface area contributed by atoms with Gasteiger partial charge in [0.2, 0.25) is 5.88 Å². The minimum Gasteiger partial charge on any atom is -0.480 e. The first-order chi connectivity index (χ1) is 14.7. The zero-order chi connectivity index (χ0) is 22.3. The number of hydrogen-bond donors (Lipinski definition) is 0. The van der Waals surface area contributed by atoms with E-state index in [0.717, 1.165) is 18.2 Å². The van der Waals surface area contributed by atoms with Crippen molar-refractivity contribution in [2.45, 2.75) is 13.1 Å². The molecule has 0 saturated carbocycles. The van der Waals surface area contributed by atoms with Gasteiger partial charge in [-0.3, -0.25) is 9.69 Å². The smallest absolute Gasteiger partial charge is 0.416 e. The lowest BCUT2D eigenvalue weighted by atomic mass is 10.0. The summed E-state index contributed by atoms with van der Waals surface area (Å²) in [4.78, 5) is 20.3. The molecule has 0 radical (unpaired) electrons. The van der Waals surface area contributed by atoms with E-state index < -0.39 is 23.5 Å². The molecule has 9 heteroatoms. The number of nitrogens with zero attached hydrogens (tertiary/aromatic N) is 3. The molecule has 1 aliphatic rings. The van der Waals surface area contributed by atoms with Gasteiger partial charge in [0.25, 0.3) is 5.91 Å². The number of anilines is 3. The van der Waals surface area contributed by atoms with Gasteiger partial charge in [-0.05, 0) is 61.0 Å². The molecule has 0 spiro atoms. The highest BCUT2D eigenvalue weighted by atomic mass is 19.4. The van der Waals surface area contributed by atoms with E-state index in [9.17, 15) is 22.4 Å². The second-order valence-corrected chi connectivity index (χ2v) is 6.99. The SMILES string of the molecule is COc1ncccc1N1CN(c2ccc(F)cc2C)c2cc(C(F)(F)F)ccc2C1=O. The largest absolute Gasteiger partial charge is 0.480 e. The van der Waals surface area contributed by atoms with Gasteiger partial charge >= 0.3 is 6.18 Å². The number of halogens is 4. The molecule has 1 aromatic heterocycles. The van der Waals surface area contributed by atoms with Crippen LogP contribution in [0, 0.1) is 12.7 Å². The summed E-state index contributed by atoms with van der Waals surface area (Å²) in [7, 11) is 1.41. The van der Waals surface area contributed by atoms with Crippen molar-refractivity contribution in [1.29, 1.82) is 0 Å². The molecule has 2 aromatic carbocycles. The number of rotatable bonds is 3. The van der Waals surface area contributed by atoms with Gasteiger partial charge in [-0.1, -0.05) is 0 Å². The molecule has 5 nitrogen and oxygen atoms in total. The van der Waals surface area contributed by atoms with Crippen molar-refractivity contribution in [3.8, 4) is 5.88 Å². The maximum absolute atomic E-state index is 13.7. The van der Waals surface area contributed by atoms with Crippen molar-refractivity contribution in [2.75, 3.05) is 23.6 Å². The number of carbonyl (C=O) groups excluding carboxylic acids is 1. The summed E-state index contributed by atoms with van der Waals surface area (Å²) >= 11 is 0. The summed E-state index contributed by atoms with van der Waals surface area (Å²) in [6.45, 7) is 1.54. The summed E-state index contributed by atoms with van der Waals surface area (Å²) in [5.41, 5.74) is 0.641. The minimum absolute atomic E-state index is 0.0777. The molecule has 2 heterocycles. The number of aromatic nitrogens is 1. The highest BCUT2D eigenvalue weighted by Gasteiger charge is 2.37. The van der Waals surface area contributed by atoms with Gasteiger partial charge in [0.1, 0.15) is 18.2 Å². The molecule has 1 amide bonds. The lowest BCUT2D eigenvalue weighted by Crippen LogP contribution is -2.45. The third kappa shape index (κ3) is 3.67. The lowest BCUT2D eigenvalue weighted by Gasteiger charge is -2.39. The van der Waals surface area contributed by atoms with E-state index in [-0.39, 0.29) is 23.8 Å². The Bertz CT molecular complexity index is 1160. The summed E-state index contributed by atoms with van der Waals surface area (Å²) in [6, 6.07) is 10.2.